The molecule has 0 aliphatic carbocycles. The highest BCUT2D eigenvalue weighted by molar-refractivity contribution is 5.79. The van der Waals surface area contributed by atoms with E-state index in [0.29, 0.717) is 13.2 Å². The summed E-state index contributed by atoms with van der Waals surface area (Å²) in [4.78, 5) is 6.92. The van der Waals surface area contributed by atoms with Crippen LogP contribution >= 0.6 is 0 Å². The van der Waals surface area contributed by atoms with E-state index in [-0.39, 0.29) is 6.10 Å². The van der Waals surface area contributed by atoms with Crippen LogP contribution in [0.1, 0.15) is 13.3 Å². The molecule has 1 unspecified atom stereocenters. The summed E-state index contributed by atoms with van der Waals surface area (Å²) in [6.07, 6.45) is 0.971. The number of rotatable bonds is 10. The molecule has 7 nitrogen and oxygen atoms in total. The van der Waals surface area contributed by atoms with Crippen molar-refractivity contribution in [1.82, 2.24) is 15.5 Å². The molecule has 0 amide bonds. The molecule has 1 aromatic rings. The Morgan fingerprint density at radius 3 is 2.85 bits per heavy atom. The van der Waals surface area contributed by atoms with Gasteiger partial charge in [0.2, 0.25) is 0 Å². The zero-order chi connectivity index (χ0) is 18.6. The van der Waals surface area contributed by atoms with Crippen molar-refractivity contribution in [2.45, 2.75) is 19.4 Å². The van der Waals surface area contributed by atoms with Crippen LogP contribution in [0.4, 0.5) is 0 Å². The number of para-hydroxylation sites is 2. The molecule has 0 saturated heterocycles. The number of methoxy groups -OCH3 is 1. The number of nitrogens with one attached hydrogen (secondary N) is 2. The third-order valence-corrected chi connectivity index (χ3v) is 4.04. The van der Waals surface area contributed by atoms with E-state index in [9.17, 15) is 0 Å². The number of aliphatic imine (C=N–C) groups is 1. The van der Waals surface area contributed by atoms with Crippen molar-refractivity contribution in [3.8, 4) is 11.5 Å². The maximum Gasteiger partial charge on any atom is 0.191 e. The summed E-state index contributed by atoms with van der Waals surface area (Å²) >= 11 is 0. The van der Waals surface area contributed by atoms with E-state index in [4.69, 9.17) is 14.2 Å². The van der Waals surface area contributed by atoms with Gasteiger partial charge in [0.1, 0.15) is 6.61 Å². The van der Waals surface area contributed by atoms with Gasteiger partial charge in [-0.15, -0.1) is 0 Å². The average Bonchev–Trinajstić information content (AvgIpc) is 2.66. The number of fused-ring (bicyclic) bond motifs is 1. The number of hydrogen-bond acceptors (Lipinski definition) is 5. The Hall–Kier alpha value is -1.99. The van der Waals surface area contributed by atoms with Gasteiger partial charge in [-0.3, -0.25) is 0 Å². The Bertz CT molecular complexity index is 553. The first kappa shape index (κ1) is 20.3. The highest BCUT2D eigenvalue weighted by atomic mass is 16.6. The lowest BCUT2D eigenvalue weighted by atomic mass is 10.2. The van der Waals surface area contributed by atoms with Crippen LogP contribution in [0, 0.1) is 0 Å². The molecular formula is C19H32N4O3. The topological polar surface area (TPSA) is 67.4 Å². The van der Waals surface area contributed by atoms with Crippen LogP contribution in [0.2, 0.25) is 0 Å². The molecule has 1 atom stereocenters. The predicted molar refractivity (Wildman–Crippen MR) is 104 cm³/mol. The van der Waals surface area contributed by atoms with Crippen LogP contribution in [0.25, 0.3) is 0 Å². The SMILES string of the molecule is CCNC(=NCC1COc2ccccc2O1)NCCN(C)CCCOC. The minimum Gasteiger partial charge on any atom is -0.486 e. The second-order valence-electron chi connectivity index (χ2n) is 6.29. The standard InChI is InChI=1S/C19H32N4O3/c1-4-20-19(21-10-12-23(2)11-7-13-24-3)22-14-16-15-25-17-8-5-6-9-18(17)26-16/h5-6,8-9,16H,4,7,10-15H2,1-3H3,(H2,20,21,22). The summed E-state index contributed by atoms with van der Waals surface area (Å²) in [5.74, 6) is 2.39. The molecule has 0 radical (unpaired) electrons. The molecule has 146 valence electrons. The van der Waals surface area contributed by atoms with Crippen molar-refractivity contribution in [3.05, 3.63) is 24.3 Å². The smallest absolute Gasteiger partial charge is 0.191 e. The molecule has 0 aromatic heterocycles. The quantitative estimate of drug-likeness (QED) is 0.371. The van der Waals surface area contributed by atoms with Crippen LogP contribution in [0.3, 0.4) is 0 Å². The first-order valence-corrected chi connectivity index (χ1v) is 9.31. The molecular weight excluding hydrogens is 332 g/mol. The summed E-state index contributed by atoms with van der Waals surface area (Å²) in [5.41, 5.74) is 0. The van der Waals surface area contributed by atoms with Gasteiger partial charge in [0.05, 0.1) is 6.54 Å². The van der Waals surface area contributed by atoms with Crippen LogP contribution in [-0.2, 0) is 4.74 Å². The van der Waals surface area contributed by atoms with Crippen molar-refractivity contribution in [3.63, 3.8) is 0 Å². The number of guanidine groups is 1. The van der Waals surface area contributed by atoms with Gasteiger partial charge in [0, 0.05) is 39.9 Å². The van der Waals surface area contributed by atoms with E-state index in [1.807, 2.05) is 24.3 Å². The summed E-state index contributed by atoms with van der Waals surface area (Å²) in [5, 5.41) is 6.64. The summed E-state index contributed by atoms with van der Waals surface area (Å²) < 4.78 is 16.8. The first-order valence-electron chi connectivity index (χ1n) is 9.31. The minimum atomic E-state index is -0.0722. The third-order valence-electron chi connectivity index (χ3n) is 4.04. The molecule has 1 heterocycles. The van der Waals surface area contributed by atoms with Crippen molar-refractivity contribution < 1.29 is 14.2 Å². The molecule has 1 aliphatic rings. The fourth-order valence-electron chi connectivity index (χ4n) is 2.64. The Labute approximate surface area is 156 Å². The monoisotopic (exact) mass is 364 g/mol. The van der Waals surface area contributed by atoms with Gasteiger partial charge in [-0.05, 0) is 32.5 Å². The van der Waals surface area contributed by atoms with Gasteiger partial charge in [-0.2, -0.15) is 0 Å². The number of likely N-dealkylation sites (N-methyl/N-ethyl adjacent to an activating group) is 1. The van der Waals surface area contributed by atoms with Gasteiger partial charge < -0.3 is 29.7 Å². The van der Waals surface area contributed by atoms with Crippen molar-refractivity contribution in [2.75, 3.05) is 60.1 Å². The van der Waals surface area contributed by atoms with E-state index in [1.54, 1.807) is 7.11 Å². The normalized spacial score (nSPS) is 16.6. The largest absolute Gasteiger partial charge is 0.486 e. The van der Waals surface area contributed by atoms with Crippen LogP contribution in [0.15, 0.2) is 29.3 Å². The van der Waals surface area contributed by atoms with Crippen molar-refractivity contribution >= 4 is 5.96 Å². The molecule has 2 rings (SSSR count). The summed E-state index contributed by atoms with van der Waals surface area (Å²) in [7, 11) is 3.85. The Kier molecular flexibility index (Phi) is 9.06. The maximum absolute atomic E-state index is 5.95. The molecule has 7 heteroatoms. The lowest BCUT2D eigenvalue weighted by Gasteiger charge is -2.25. The number of ether oxygens (including phenoxy) is 3. The summed E-state index contributed by atoms with van der Waals surface area (Å²) in [6, 6.07) is 7.74. The van der Waals surface area contributed by atoms with E-state index < -0.39 is 0 Å². The number of benzene rings is 1. The van der Waals surface area contributed by atoms with E-state index in [2.05, 4.69) is 34.5 Å². The molecule has 0 bridgehead atoms. The van der Waals surface area contributed by atoms with E-state index in [0.717, 1.165) is 56.7 Å². The van der Waals surface area contributed by atoms with Gasteiger partial charge in [0.25, 0.3) is 0 Å². The molecule has 26 heavy (non-hydrogen) atoms. The Morgan fingerprint density at radius 2 is 2.08 bits per heavy atom. The summed E-state index contributed by atoms with van der Waals surface area (Å²) in [6.45, 7) is 7.55. The maximum atomic E-state index is 5.95. The van der Waals surface area contributed by atoms with Crippen LogP contribution < -0.4 is 20.1 Å². The highest BCUT2D eigenvalue weighted by Crippen LogP contribution is 2.30. The fourth-order valence-corrected chi connectivity index (χ4v) is 2.64. The third kappa shape index (κ3) is 7.09. The Morgan fingerprint density at radius 1 is 1.27 bits per heavy atom. The zero-order valence-electron chi connectivity index (χ0n) is 16.2. The Balaban J connectivity index is 1.74. The average molecular weight is 364 g/mol. The van der Waals surface area contributed by atoms with Crippen molar-refractivity contribution in [1.29, 1.82) is 0 Å². The van der Waals surface area contributed by atoms with Crippen molar-refractivity contribution in [2.24, 2.45) is 4.99 Å². The van der Waals surface area contributed by atoms with Crippen LogP contribution in [-0.4, -0.2) is 77.1 Å². The molecule has 1 aromatic carbocycles. The fraction of sp³-hybridized carbons (Fsp3) is 0.632. The molecule has 0 saturated carbocycles. The van der Waals surface area contributed by atoms with Gasteiger partial charge in [0.15, 0.2) is 23.6 Å². The lowest BCUT2D eigenvalue weighted by Crippen LogP contribution is -2.42. The van der Waals surface area contributed by atoms with Gasteiger partial charge in [-0.25, -0.2) is 4.99 Å². The highest BCUT2D eigenvalue weighted by Gasteiger charge is 2.20. The van der Waals surface area contributed by atoms with E-state index >= 15 is 0 Å². The van der Waals surface area contributed by atoms with Gasteiger partial charge >= 0.3 is 0 Å². The first-order chi connectivity index (χ1) is 12.7. The zero-order valence-corrected chi connectivity index (χ0v) is 16.2. The number of nitrogens with zero attached hydrogens (tertiary/aromatic N) is 2. The second-order valence-corrected chi connectivity index (χ2v) is 6.29. The van der Waals surface area contributed by atoms with E-state index in [1.165, 1.54) is 0 Å². The molecule has 0 fully saturated rings. The minimum absolute atomic E-state index is 0.0722. The predicted octanol–water partition coefficient (Wildman–Crippen LogP) is 1.35. The lowest BCUT2D eigenvalue weighted by molar-refractivity contribution is 0.0971. The second kappa shape index (κ2) is 11.6. The molecule has 2 N–H and O–H groups in total. The van der Waals surface area contributed by atoms with Crippen LogP contribution in [0.5, 0.6) is 11.5 Å². The number of hydrogen-bond donors (Lipinski definition) is 2. The molecule has 0 spiro atoms. The molecule has 1 aliphatic heterocycles. The van der Waals surface area contributed by atoms with Gasteiger partial charge in [-0.1, -0.05) is 12.1 Å².